The molecule has 2 saturated heterocycles. The minimum atomic E-state index is -4.14. The van der Waals surface area contributed by atoms with Crippen molar-refractivity contribution >= 4 is 11.6 Å². The van der Waals surface area contributed by atoms with Crippen molar-refractivity contribution < 1.29 is 22.4 Å². The Morgan fingerprint density at radius 3 is 2.41 bits per heavy atom. The molecular weight excluding hydrogens is 366 g/mol. The number of alkyl halides is 4. The molecule has 0 saturated carbocycles. The van der Waals surface area contributed by atoms with E-state index in [9.17, 15) is 22.4 Å². The van der Waals surface area contributed by atoms with Gasteiger partial charge in [0.15, 0.2) is 0 Å². The van der Waals surface area contributed by atoms with Gasteiger partial charge < -0.3 is 5.32 Å². The van der Waals surface area contributed by atoms with Gasteiger partial charge in [-0.3, -0.25) is 20.0 Å². The summed E-state index contributed by atoms with van der Waals surface area (Å²) in [7, 11) is 0. The van der Waals surface area contributed by atoms with E-state index in [4.69, 9.17) is 0 Å². The van der Waals surface area contributed by atoms with E-state index in [1.54, 1.807) is 11.2 Å². The molecule has 3 heterocycles. The molecule has 0 aromatic heterocycles. The number of anilines is 1. The fraction of sp³-hybridized carbons (Fsp3) is 0.471. The normalized spacial score (nSPS) is 29.5. The summed E-state index contributed by atoms with van der Waals surface area (Å²) < 4.78 is 53.9. The maximum absolute atomic E-state index is 13.5. The lowest BCUT2D eigenvalue weighted by atomic mass is 10.1. The number of aryl methyl sites for hydroxylation is 2. The largest absolute Gasteiger partial charge is 0.324 e. The summed E-state index contributed by atoms with van der Waals surface area (Å²) in [5, 5.41) is 7.04. The summed E-state index contributed by atoms with van der Waals surface area (Å²) in [5.74, 6) is -8.77. The first-order chi connectivity index (χ1) is 12.6. The Kier molecular flexibility index (Phi) is 3.99. The standard InChI is InChI=1S/C17H19F4N5O/c1-9-3-4-12(10(2)5-9)26-6-11-13(24-26)22-15(23-14(11)27)25-7-16(18,19)17(20,21)8-25/h3-6,13,15,22,24H,7-8H2,1-2H3,(H,23,27). The lowest BCUT2D eigenvalue weighted by molar-refractivity contribution is -0.172. The molecule has 3 aliphatic rings. The molecular formula is C17H19F4N5O. The average Bonchev–Trinajstić information content (AvgIpc) is 3.06. The van der Waals surface area contributed by atoms with Crippen molar-refractivity contribution in [3.63, 3.8) is 0 Å². The zero-order valence-electron chi connectivity index (χ0n) is 14.7. The number of rotatable bonds is 2. The minimum absolute atomic E-state index is 0.351. The van der Waals surface area contributed by atoms with Gasteiger partial charge in [0.2, 0.25) is 0 Å². The number of benzene rings is 1. The van der Waals surface area contributed by atoms with E-state index in [0.29, 0.717) is 5.57 Å². The van der Waals surface area contributed by atoms with Gasteiger partial charge in [0.05, 0.1) is 24.4 Å². The summed E-state index contributed by atoms with van der Waals surface area (Å²) in [5.41, 5.74) is 6.31. The number of halogens is 4. The van der Waals surface area contributed by atoms with Crippen molar-refractivity contribution in [2.75, 3.05) is 18.1 Å². The fourth-order valence-electron chi connectivity index (χ4n) is 3.57. The van der Waals surface area contributed by atoms with Gasteiger partial charge >= 0.3 is 11.8 Å². The molecule has 146 valence electrons. The Morgan fingerprint density at radius 2 is 1.78 bits per heavy atom. The first kappa shape index (κ1) is 18.2. The van der Waals surface area contributed by atoms with Crippen molar-refractivity contribution in [1.82, 2.24) is 21.0 Å². The van der Waals surface area contributed by atoms with Crippen molar-refractivity contribution in [2.24, 2.45) is 0 Å². The van der Waals surface area contributed by atoms with Crippen LogP contribution >= 0.6 is 0 Å². The highest BCUT2D eigenvalue weighted by atomic mass is 19.3. The summed E-state index contributed by atoms with van der Waals surface area (Å²) in [6, 6.07) is 5.81. The van der Waals surface area contributed by atoms with Crippen molar-refractivity contribution in [3.8, 4) is 0 Å². The van der Waals surface area contributed by atoms with Gasteiger partial charge in [0.1, 0.15) is 12.5 Å². The van der Waals surface area contributed by atoms with Crippen LogP contribution in [0.2, 0.25) is 0 Å². The molecule has 1 aromatic carbocycles. The predicted molar refractivity (Wildman–Crippen MR) is 89.9 cm³/mol. The van der Waals surface area contributed by atoms with Crippen LogP contribution in [0.1, 0.15) is 11.1 Å². The third kappa shape index (κ3) is 2.97. The number of nitrogens with zero attached hydrogens (tertiary/aromatic N) is 2. The minimum Gasteiger partial charge on any atom is -0.324 e. The molecule has 6 nitrogen and oxygen atoms in total. The molecule has 10 heteroatoms. The van der Waals surface area contributed by atoms with Crippen LogP contribution in [0, 0.1) is 13.8 Å². The quantitative estimate of drug-likeness (QED) is 0.673. The monoisotopic (exact) mass is 385 g/mol. The van der Waals surface area contributed by atoms with Crippen LogP contribution in [-0.4, -0.2) is 48.2 Å². The van der Waals surface area contributed by atoms with Gasteiger partial charge in [-0.05, 0) is 25.5 Å². The Morgan fingerprint density at radius 1 is 1.11 bits per heavy atom. The number of carbonyl (C=O) groups is 1. The molecule has 0 spiro atoms. The smallest absolute Gasteiger partial charge is 0.324 e. The van der Waals surface area contributed by atoms with Gasteiger partial charge in [-0.2, -0.15) is 17.6 Å². The molecule has 3 N–H and O–H groups in total. The fourth-order valence-corrected chi connectivity index (χ4v) is 3.57. The summed E-state index contributed by atoms with van der Waals surface area (Å²) in [4.78, 5) is 13.2. The number of hydrogen-bond acceptors (Lipinski definition) is 5. The molecule has 0 radical (unpaired) electrons. The third-order valence-corrected chi connectivity index (χ3v) is 5.02. The summed E-state index contributed by atoms with van der Waals surface area (Å²) in [6.07, 6.45) is -0.189. The third-order valence-electron chi connectivity index (χ3n) is 5.02. The summed E-state index contributed by atoms with van der Waals surface area (Å²) in [6.45, 7) is 1.62. The second-order valence-corrected chi connectivity index (χ2v) is 7.16. The molecule has 2 atom stereocenters. The molecule has 0 aliphatic carbocycles. The number of carbonyl (C=O) groups excluding carboxylic acids is 1. The van der Waals surface area contributed by atoms with Crippen LogP contribution in [-0.2, 0) is 4.79 Å². The molecule has 4 rings (SSSR count). The molecule has 0 bridgehead atoms. The highest BCUT2D eigenvalue weighted by molar-refractivity contribution is 5.96. The Hall–Kier alpha value is -2.17. The number of likely N-dealkylation sites (tertiary alicyclic amines) is 1. The highest BCUT2D eigenvalue weighted by Gasteiger charge is 2.64. The second-order valence-electron chi connectivity index (χ2n) is 7.16. The van der Waals surface area contributed by atoms with Crippen LogP contribution in [0.3, 0.4) is 0 Å². The topological polar surface area (TPSA) is 59.6 Å². The van der Waals surface area contributed by atoms with E-state index in [1.165, 1.54) is 0 Å². The first-order valence-electron chi connectivity index (χ1n) is 8.48. The lowest BCUT2D eigenvalue weighted by Gasteiger charge is -2.36. The number of nitrogens with one attached hydrogen (secondary N) is 3. The van der Waals surface area contributed by atoms with E-state index in [-0.39, 0.29) is 0 Å². The van der Waals surface area contributed by atoms with E-state index >= 15 is 0 Å². The first-order valence-corrected chi connectivity index (χ1v) is 8.48. The van der Waals surface area contributed by atoms with E-state index < -0.39 is 43.3 Å². The average molecular weight is 385 g/mol. The molecule has 3 aliphatic heterocycles. The van der Waals surface area contributed by atoms with Crippen LogP contribution in [0.15, 0.2) is 30.0 Å². The van der Waals surface area contributed by atoms with Gasteiger partial charge in [0, 0.05) is 6.20 Å². The number of fused-ring (bicyclic) bond motifs is 1. The Bertz CT molecular complexity index is 812. The Balaban J connectivity index is 1.52. The maximum Gasteiger partial charge on any atom is 0.324 e. The molecule has 2 fully saturated rings. The van der Waals surface area contributed by atoms with Crippen LogP contribution < -0.4 is 21.1 Å². The van der Waals surface area contributed by atoms with Gasteiger partial charge in [-0.25, -0.2) is 5.43 Å². The number of amides is 1. The van der Waals surface area contributed by atoms with Crippen LogP contribution in [0.4, 0.5) is 23.2 Å². The predicted octanol–water partition coefficient (Wildman–Crippen LogP) is 1.43. The van der Waals surface area contributed by atoms with Crippen molar-refractivity contribution in [1.29, 1.82) is 0 Å². The van der Waals surface area contributed by atoms with E-state index in [1.807, 2.05) is 32.0 Å². The SMILES string of the molecule is Cc1ccc(N2C=C3C(=O)NC(N4CC(F)(F)C(F)(F)C4)NC3N2)c(C)c1. The van der Waals surface area contributed by atoms with Gasteiger partial charge in [-0.1, -0.05) is 17.7 Å². The van der Waals surface area contributed by atoms with Crippen molar-refractivity contribution in [2.45, 2.75) is 38.1 Å². The molecule has 1 amide bonds. The Labute approximate surface area is 153 Å². The number of hydrogen-bond donors (Lipinski definition) is 3. The lowest BCUT2D eigenvalue weighted by Crippen LogP contribution is -2.67. The summed E-state index contributed by atoms with van der Waals surface area (Å²) >= 11 is 0. The van der Waals surface area contributed by atoms with Crippen LogP contribution in [0.25, 0.3) is 0 Å². The van der Waals surface area contributed by atoms with Gasteiger partial charge in [0.25, 0.3) is 5.91 Å². The van der Waals surface area contributed by atoms with E-state index in [2.05, 4.69) is 16.1 Å². The zero-order chi connectivity index (χ0) is 19.6. The van der Waals surface area contributed by atoms with E-state index in [0.717, 1.165) is 21.7 Å². The maximum atomic E-state index is 13.5. The highest BCUT2D eigenvalue weighted by Crippen LogP contribution is 2.41. The van der Waals surface area contributed by atoms with Crippen molar-refractivity contribution in [3.05, 3.63) is 41.1 Å². The molecule has 1 aromatic rings. The zero-order valence-corrected chi connectivity index (χ0v) is 14.7. The van der Waals surface area contributed by atoms with Gasteiger partial charge in [-0.15, -0.1) is 0 Å². The second kappa shape index (κ2) is 5.91. The molecule has 27 heavy (non-hydrogen) atoms. The number of hydrazine groups is 1. The molecule has 2 unspecified atom stereocenters. The van der Waals surface area contributed by atoms with Crippen LogP contribution in [0.5, 0.6) is 0 Å².